The monoisotopic (exact) mass is 361 g/mol. The number of nitrogens with zero attached hydrogens (tertiary/aromatic N) is 1. The van der Waals surface area contributed by atoms with Crippen LogP contribution in [0.15, 0.2) is 3.92 Å². The van der Waals surface area contributed by atoms with E-state index in [0.29, 0.717) is 19.1 Å². The maximum absolute atomic E-state index is 11.2. The van der Waals surface area contributed by atoms with Gasteiger partial charge in [-0.25, -0.2) is 9.78 Å². The van der Waals surface area contributed by atoms with E-state index in [1.165, 1.54) is 11.3 Å². The highest BCUT2D eigenvalue weighted by Gasteiger charge is 2.15. The Morgan fingerprint density at radius 3 is 2.92 bits per heavy atom. The van der Waals surface area contributed by atoms with Gasteiger partial charge in [0.25, 0.3) is 0 Å². The van der Waals surface area contributed by atoms with Crippen molar-refractivity contribution >= 4 is 55.8 Å². The molecule has 0 radical (unpaired) electrons. The second-order valence-electron chi connectivity index (χ2n) is 1.81. The Labute approximate surface area is 95.8 Å². The van der Waals surface area contributed by atoms with Gasteiger partial charge in [0.2, 0.25) is 0 Å². The van der Waals surface area contributed by atoms with E-state index < -0.39 is 0 Å². The Balaban J connectivity index is 2.87. The van der Waals surface area contributed by atoms with Crippen LogP contribution < -0.4 is 0 Å². The lowest BCUT2D eigenvalue weighted by atomic mass is 10.6. The first-order valence-corrected chi connectivity index (χ1v) is 5.83. The summed E-state index contributed by atoms with van der Waals surface area (Å²) in [6.45, 7) is 2.17. The first-order valence-electron chi connectivity index (χ1n) is 3.14. The Bertz CT molecular complexity index is 302. The number of halogens is 2. The SMILES string of the molecule is CCOC(=O)c1sc(Br)nc1I. The van der Waals surface area contributed by atoms with E-state index in [1.807, 2.05) is 22.6 Å². The van der Waals surface area contributed by atoms with Gasteiger partial charge >= 0.3 is 5.97 Å². The zero-order chi connectivity index (χ0) is 9.14. The second kappa shape index (κ2) is 4.52. The predicted octanol–water partition coefficient (Wildman–Crippen LogP) is 2.69. The summed E-state index contributed by atoms with van der Waals surface area (Å²) in [6.07, 6.45) is 0. The number of carbonyl (C=O) groups is 1. The number of carbonyl (C=O) groups excluding carboxylic acids is 1. The minimum absolute atomic E-state index is 0.301. The minimum atomic E-state index is -0.301. The van der Waals surface area contributed by atoms with Crippen LogP contribution in [0, 0.1) is 3.70 Å². The van der Waals surface area contributed by atoms with Gasteiger partial charge in [-0.2, -0.15) is 0 Å². The molecule has 0 aliphatic carbocycles. The normalized spacial score (nSPS) is 9.92. The van der Waals surface area contributed by atoms with Gasteiger partial charge in [-0.15, -0.1) is 0 Å². The molecule has 1 aromatic rings. The molecule has 0 fully saturated rings. The number of ether oxygens (including phenoxy) is 1. The van der Waals surface area contributed by atoms with Crippen molar-refractivity contribution in [1.82, 2.24) is 4.98 Å². The Morgan fingerprint density at radius 2 is 2.50 bits per heavy atom. The van der Waals surface area contributed by atoms with Crippen molar-refractivity contribution in [3.8, 4) is 0 Å². The lowest BCUT2D eigenvalue weighted by molar-refractivity contribution is 0.0530. The third kappa shape index (κ3) is 2.40. The topological polar surface area (TPSA) is 39.2 Å². The number of thiazole rings is 1. The maximum Gasteiger partial charge on any atom is 0.351 e. The van der Waals surface area contributed by atoms with Crippen molar-refractivity contribution in [3.63, 3.8) is 0 Å². The van der Waals surface area contributed by atoms with Gasteiger partial charge in [0.05, 0.1) is 6.61 Å². The van der Waals surface area contributed by atoms with Crippen LogP contribution in [-0.4, -0.2) is 17.6 Å². The summed E-state index contributed by atoms with van der Waals surface area (Å²) in [5.41, 5.74) is 0. The van der Waals surface area contributed by atoms with E-state index in [1.54, 1.807) is 6.92 Å². The van der Waals surface area contributed by atoms with Crippen molar-refractivity contribution in [3.05, 3.63) is 12.5 Å². The molecular formula is C6H5BrINO2S. The molecule has 0 aliphatic heterocycles. The molecule has 1 rings (SSSR count). The Morgan fingerprint density at radius 1 is 1.83 bits per heavy atom. The van der Waals surface area contributed by atoms with Crippen molar-refractivity contribution in [1.29, 1.82) is 0 Å². The zero-order valence-corrected chi connectivity index (χ0v) is 10.7. The van der Waals surface area contributed by atoms with Crippen LogP contribution >= 0.6 is 49.9 Å². The molecule has 0 spiro atoms. The van der Waals surface area contributed by atoms with Crippen molar-refractivity contribution in [2.24, 2.45) is 0 Å². The van der Waals surface area contributed by atoms with E-state index in [9.17, 15) is 4.79 Å². The quantitative estimate of drug-likeness (QED) is 0.600. The van der Waals surface area contributed by atoms with Crippen molar-refractivity contribution < 1.29 is 9.53 Å². The zero-order valence-electron chi connectivity index (χ0n) is 6.13. The summed E-state index contributed by atoms with van der Waals surface area (Å²) in [7, 11) is 0. The summed E-state index contributed by atoms with van der Waals surface area (Å²) in [4.78, 5) is 15.8. The molecule has 66 valence electrons. The first-order chi connectivity index (χ1) is 5.65. The second-order valence-corrected chi connectivity index (χ2v) is 5.10. The summed E-state index contributed by atoms with van der Waals surface area (Å²) in [6, 6.07) is 0. The number of rotatable bonds is 2. The summed E-state index contributed by atoms with van der Waals surface area (Å²) < 4.78 is 6.21. The lowest BCUT2D eigenvalue weighted by Crippen LogP contribution is -2.03. The molecule has 0 aliphatic rings. The van der Waals surface area contributed by atoms with Gasteiger partial charge in [-0.05, 0) is 45.4 Å². The molecule has 1 heterocycles. The third-order valence-corrected chi connectivity index (χ3v) is 3.65. The molecule has 6 heteroatoms. The van der Waals surface area contributed by atoms with Crippen LogP contribution in [0.4, 0.5) is 0 Å². The van der Waals surface area contributed by atoms with Crippen LogP contribution in [0.1, 0.15) is 16.6 Å². The summed E-state index contributed by atoms with van der Waals surface area (Å²) in [5.74, 6) is -0.301. The fourth-order valence-electron chi connectivity index (χ4n) is 0.600. The first kappa shape index (κ1) is 10.4. The van der Waals surface area contributed by atoms with Crippen LogP contribution in [0.3, 0.4) is 0 Å². The largest absolute Gasteiger partial charge is 0.462 e. The van der Waals surface area contributed by atoms with Gasteiger partial charge in [0.1, 0.15) is 8.58 Å². The standard InChI is InChI=1S/C6H5BrINO2S/c1-2-11-5(10)3-4(8)9-6(7)12-3/h2H2,1H3. The summed E-state index contributed by atoms with van der Waals surface area (Å²) >= 11 is 6.49. The fraction of sp³-hybridized carbons (Fsp3) is 0.333. The predicted molar refractivity (Wildman–Crippen MR) is 58.5 cm³/mol. The molecule has 0 atom stereocenters. The highest BCUT2D eigenvalue weighted by molar-refractivity contribution is 14.1. The smallest absolute Gasteiger partial charge is 0.351 e. The molecule has 0 saturated carbocycles. The van der Waals surface area contributed by atoms with Gasteiger partial charge in [0.15, 0.2) is 3.92 Å². The minimum Gasteiger partial charge on any atom is -0.462 e. The van der Waals surface area contributed by atoms with E-state index in [4.69, 9.17) is 4.74 Å². The molecule has 12 heavy (non-hydrogen) atoms. The number of esters is 1. The van der Waals surface area contributed by atoms with Crippen LogP contribution in [0.25, 0.3) is 0 Å². The van der Waals surface area contributed by atoms with E-state index >= 15 is 0 Å². The molecule has 1 aromatic heterocycles. The molecule has 3 nitrogen and oxygen atoms in total. The van der Waals surface area contributed by atoms with Crippen molar-refractivity contribution in [2.75, 3.05) is 6.61 Å². The average Bonchev–Trinajstić information content (AvgIpc) is 2.30. The van der Waals surface area contributed by atoms with E-state index in [0.717, 1.165) is 0 Å². The number of hydrogen-bond donors (Lipinski definition) is 0. The molecule has 0 saturated heterocycles. The van der Waals surface area contributed by atoms with Crippen LogP contribution in [0.2, 0.25) is 0 Å². The molecular weight excluding hydrogens is 357 g/mol. The lowest BCUT2D eigenvalue weighted by Gasteiger charge is -1.96. The van der Waals surface area contributed by atoms with Gasteiger partial charge in [-0.3, -0.25) is 0 Å². The van der Waals surface area contributed by atoms with Gasteiger partial charge in [-0.1, -0.05) is 11.3 Å². The van der Waals surface area contributed by atoms with Crippen molar-refractivity contribution in [2.45, 2.75) is 6.92 Å². The fourth-order valence-corrected chi connectivity index (χ4v) is 3.13. The average molecular weight is 362 g/mol. The Kier molecular flexibility index (Phi) is 3.91. The van der Waals surface area contributed by atoms with Gasteiger partial charge < -0.3 is 4.74 Å². The molecule has 0 N–H and O–H groups in total. The van der Waals surface area contributed by atoms with E-state index in [-0.39, 0.29) is 5.97 Å². The third-order valence-electron chi connectivity index (χ3n) is 1.02. The number of hydrogen-bond acceptors (Lipinski definition) is 4. The van der Waals surface area contributed by atoms with E-state index in [2.05, 4.69) is 20.9 Å². The molecule has 0 unspecified atom stereocenters. The summed E-state index contributed by atoms with van der Waals surface area (Å²) in [5, 5.41) is 0. The maximum atomic E-state index is 11.2. The van der Waals surface area contributed by atoms with Crippen LogP contribution in [0.5, 0.6) is 0 Å². The molecule has 0 aromatic carbocycles. The highest BCUT2D eigenvalue weighted by atomic mass is 127. The van der Waals surface area contributed by atoms with Crippen LogP contribution in [-0.2, 0) is 4.74 Å². The molecule has 0 amide bonds. The highest BCUT2D eigenvalue weighted by Crippen LogP contribution is 2.24. The number of aromatic nitrogens is 1. The Hall–Kier alpha value is 0.310. The van der Waals surface area contributed by atoms with Gasteiger partial charge in [0, 0.05) is 0 Å². The molecule has 0 bridgehead atoms.